The summed E-state index contributed by atoms with van der Waals surface area (Å²) in [7, 11) is 1.53. The Morgan fingerprint density at radius 3 is 2.44 bits per heavy atom. The van der Waals surface area contributed by atoms with Gasteiger partial charge in [0.25, 0.3) is 5.56 Å². The zero-order chi connectivity index (χ0) is 24.5. The molecule has 0 amide bonds. The lowest BCUT2D eigenvalue weighted by molar-refractivity contribution is -0.144. The van der Waals surface area contributed by atoms with E-state index >= 15 is 0 Å². The molecular weight excluding hydrogens is 440 g/mol. The Balaban J connectivity index is 2.13. The van der Waals surface area contributed by atoms with Crippen LogP contribution in [0.4, 0.5) is 5.82 Å². The van der Waals surface area contributed by atoms with Gasteiger partial charge in [0.15, 0.2) is 0 Å². The largest absolute Gasteiger partial charge is 0.496 e. The number of ether oxygens (including phenoxy) is 3. The summed E-state index contributed by atoms with van der Waals surface area (Å²) in [6.45, 7) is 3.04. The van der Waals surface area contributed by atoms with Crippen molar-refractivity contribution in [2.45, 2.75) is 20.4 Å². The average molecular weight is 466 g/mol. The fourth-order valence-electron chi connectivity index (χ4n) is 3.24. The van der Waals surface area contributed by atoms with Crippen molar-refractivity contribution in [3.8, 4) is 5.75 Å². The van der Waals surface area contributed by atoms with Gasteiger partial charge in [-0.3, -0.25) is 19.0 Å². The van der Waals surface area contributed by atoms with E-state index in [1.807, 2.05) is 6.07 Å². The van der Waals surface area contributed by atoms with Gasteiger partial charge >= 0.3 is 11.9 Å². The molecule has 0 bridgehead atoms. The first-order valence-electron chi connectivity index (χ1n) is 10.7. The number of para-hydroxylation sites is 3. The molecule has 0 unspecified atom stereocenters. The number of aromatic nitrogens is 2. The number of rotatable bonds is 10. The van der Waals surface area contributed by atoms with Crippen LogP contribution in [-0.4, -0.2) is 54.6 Å². The molecule has 0 aliphatic rings. The number of benzene rings is 2. The fourth-order valence-corrected chi connectivity index (χ4v) is 3.24. The Morgan fingerprint density at radius 1 is 1.03 bits per heavy atom. The molecule has 0 saturated heterocycles. The third kappa shape index (κ3) is 5.77. The highest BCUT2D eigenvalue weighted by molar-refractivity contribution is 5.85. The molecule has 3 rings (SSSR count). The molecule has 0 aliphatic heterocycles. The number of carbonyl (C=O) groups excluding carboxylic acids is 2. The molecule has 0 N–H and O–H groups in total. The molecule has 2 aromatic carbocycles. The van der Waals surface area contributed by atoms with Gasteiger partial charge in [-0.15, -0.1) is 0 Å². The second-order valence-corrected chi connectivity index (χ2v) is 6.97. The first kappa shape index (κ1) is 24.4. The van der Waals surface area contributed by atoms with Crippen molar-refractivity contribution in [1.82, 2.24) is 9.55 Å². The monoisotopic (exact) mass is 466 g/mol. The number of esters is 2. The van der Waals surface area contributed by atoms with E-state index in [0.29, 0.717) is 22.3 Å². The molecule has 178 valence electrons. The Bertz CT molecular complexity index is 1250. The summed E-state index contributed by atoms with van der Waals surface area (Å²) >= 11 is 0. The van der Waals surface area contributed by atoms with E-state index in [1.165, 1.54) is 17.9 Å². The minimum absolute atomic E-state index is 0.137. The Kier molecular flexibility index (Phi) is 8.33. The van der Waals surface area contributed by atoms with Gasteiger partial charge < -0.3 is 14.2 Å². The summed E-state index contributed by atoms with van der Waals surface area (Å²) in [5.41, 5.74) is 0.927. The molecule has 0 saturated carbocycles. The van der Waals surface area contributed by atoms with Gasteiger partial charge in [0.1, 0.15) is 18.8 Å². The third-order valence-electron chi connectivity index (χ3n) is 4.73. The number of fused-ring (bicyclic) bond motifs is 1. The highest BCUT2D eigenvalue weighted by Crippen LogP contribution is 2.18. The van der Waals surface area contributed by atoms with Crippen LogP contribution >= 0.6 is 0 Å². The Morgan fingerprint density at radius 2 is 1.71 bits per heavy atom. The van der Waals surface area contributed by atoms with Crippen LogP contribution in [0.3, 0.4) is 0 Å². The lowest BCUT2D eigenvalue weighted by atomic mass is 10.2. The highest BCUT2D eigenvalue weighted by atomic mass is 16.5. The molecule has 3 aromatic rings. The Labute approximate surface area is 196 Å². The van der Waals surface area contributed by atoms with Gasteiger partial charge in [-0.05, 0) is 38.1 Å². The van der Waals surface area contributed by atoms with Crippen molar-refractivity contribution in [2.75, 3.05) is 31.9 Å². The quantitative estimate of drug-likeness (QED) is 0.254. The van der Waals surface area contributed by atoms with Crippen molar-refractivity contribution in [1.29, 1.82) is 0 Å². The van der Waals surface area contributed by atoms with E-state index < -0.39 is 17.5 Å². The molecule has 0 radical (unpaired) electrons. The van der Waals surface area contributed by atoms with Crippen LogP contribution in [0.2, 0.25) is 0 Å². The first-order chi connectivity index (χ1) is 16.5. The predicted octanol–water partition coefficient (Wildman–Crippen LogP) is 2.37. The van der Waals surface area contributed by atoms with Gasteiger partial charge in [0, 0.05) is 5.56 Å². The maximum Gasteiger partial charge on any atom is 0.327 e. The number of carbonyl (C=O) groups is 2. The molecule has 0 aliphatic carbocycles. The second kappa shape index (κ2) is 11.6. The summed E-state index contributed by atoms with van der Waals surface area (Å²) in [6, 6.07) is 14.0. The van der Waals surface area contributed by atoms with Gasteiger partial charge in [0.2, 0.25) is 5.82 Å². The van der Waals surface area contributed by atoms with Crippen LogP contribution in [0.25, 0.3) is 11.0 Å². The molecule has 10 nitrogen and oxygen atoms in total. The number of hydrazone groups is 1. The number of nitrogens with zero attached hydrogens (tertiary/aromatic N) is 4. The van der Waals surface area contributed by atoms with Gasteiger partial charge in [-0.25, -0.2) is 9.99 Å². The van der Waals surface area contributed by atoms with E-state index in [-0.39, 0.29) is 32.1 Å². The molecule has 0 spiro atoms. The van der Waals surface area contributed by atoms with E-state index in [2.05, 4.69) is 10.1 Å². The normalized spacial score (nSPS) is 10.9. The summed E-state index contributed by atoms with van der Waals surface area (Å²) in [6.07, 6.45) is 1.46. The standard InChI is InChI=1S/C24H26N4O6/c1-4-33-21(29)15-27-19-12-8-7-11-18(19)26-23(24(27)31)28(16-22(30)34-5-2)25-14-17-10-6-9-13-20(17)32-3/h6-14H,4-5,15-16H2,1-3H3/b25-14+. The van der Waals surface area contributed by atoms with Crippen LogP contribution in [0.1, 0.15) is 19.4 Å². The summed E-state index contributed by atoms with van der Waals surface area (Å²) < 4.78 is 16.7. The lowest BCUT2D eigenvalue weighted by Gasteiger charge is -2.19. The van der Waals surface area contributed by atoms with Crippen molar-refractivity contribution in [3.05, 3.63) is 64.4 Å². The minimum atomic E-state index is -0.603. The van der Waals surface area contributed by atoms with E-state index in [9.17, 15) is 14.4 Å². The molecule has 1 heterocycles. The van der Waals surface area contributed by atoms with E-state index in [1.54, 1.807) is 56.3 Å². The zero-order valence-corrected chi connectivity index (χ0v) is 19.3. The van der Waals surface area contributed by atoms with Crippen LogP contribution in [0.5, 0.6) is 5.75 Å². The number of hydrogen-bond donors (Lipinski definition) is 0. The maximum atomic E-state index is 13.4. The third-order valence-corrected chi connectivity index (χ3v) is 4.73. The van der Waals surface area contributed by atoms with Crippen molar-refractivity contribution in [3.63, 3.8) is 0 Å². The van der Waals surface area contributed by atoms with E-state index in [0.717, 1.165) is 5.01 Å². The number of hydrogen-bond acceptors (Lipinski definition) is 9. The van der Waals surface area contributed by atoms with Gasteiger partial charge in [-0.2, -0.15) is 5.10 Å². The van der Waals surface area contributed by atoms with Crippen LogP contribution in [0, 0.1) is 0 Å². The van der Waals surface area contributed by atoms with Crippen LogP contribution in [0.15, 0.2) is 58.4 Å². The average Bonchev–Trinajstić information content (AvgIpc) is 2.84. The first-order valence-corrected chi connectivity index (χ1v) is 10.7. The summed E-state index contributed by atoms with van der Waals surface area (Å²) in [5, 5.41) is 5.51. The van der Waals surface area contributed by atoms with Crippen molar-refractivity contribution >= 4 is 35.0 Å². The SMILES string of the molecule is CCOC(=O)CN(/N=C/c1ccccc1OC)c1nc2ccccc2n(CC(=O)OCC)c1=O. The molecule has 34 heavy (non-hydrogen) atoms. The minimum Gasteiger partial charge on any atom is -0.496 e. The second-order valence-electron chi connectivity index (χ2n) is 6.97. The van der Waals surface area contributed by atoms with E-state index in [4.69, 9.17) is 14.2 Å². The maximum absolute atomic E-state index is 13.4. The fraction of sp³-hybridized carbons (Fsp3) is 0.292. The molecular formula is C24H26N4O6. The molecule has 0 atom stereocenters. The predicted molar refractivity (Wildman–Crippen MR) is 127 cm³/mol. The smallest absolute Gasteiger partial charge is 0.327 e. The van der Waals surface area contributed by atoms with Crippen LogP contribution in [-0.2, 0) is 25.6 Å². The zero-order valence-electron chi connectivity index (χ0n) is 19.3. The molecule has 10 heteroatoms. The molecule has 1 aromatic heterocycles. The lowest BCUT2D eigenvalue weighted by Crippen LogP contribution is -2.36. The number of methoxy groups -OCH3 is 1. The Hall–Kier alpha value is -4.21. The summed E-state index contributed by atoms with van der Waals surface area (Å²) in [5.74, 6) is -0.733. The van der Waals surface area contributed by atoms with Gasteiger partial charge in [-0.1, -0.05) is 24.3 Å². The topological polar surface area (TPSA) is 112 Å². The number of anilines is 1. The van der Waals surface area contributed by atoms with Crippen molar-refractivity contribution in [2.24, 2.45) is 5.10 Å². The van der Waals surface area contributed by atoms with Gasteiger partial charge in [0.05, 0.1) is 37.6 Å². The highest BCUT2D eigenvalue weighted by Gasteiger charge is 2.21. The summed E-state index contributed by atoms with van der Waals surface area (Å²) in [4.78, 5) is 42.4. The van der Waals surface area contributed by atoms with Crippen LogP contribution < -0.4 is 15.3 Å². The molecule has 0 fully saturated rings. The van der Waals surface area contributed by atoms with Crippen molar-refractivity contribution < 1.29 is 23.8 Å².